The summed E-state index contributed by atoms with van der Waals surface area (Å²) < 4.78 is 1.16. The van der Waals surface area contributed by atoms with Crippen molar-refractivity contribution in [3.8, 4) is 67.0 Å². The Labute approximate surface area is 277 Å². The zero-order valence-corrected chi connectivity index (χ0v) is 26.7. The highest BCUT2D eigenvalue weighted by Crippen LogP contribution is 2.39. The maximum absolute atomic E-state index is 5.02. The predicted molar refractivity (Wildman–Crippen MR) is 193 cm³/mol. The number of fused-ring (bicyclic) bond motifs is 1. The van der Waals surface area contributed by atoms with Crippen LogP contribution in [0.15, 0.2) is 140 Å². The average molecular weight is 624 g/mol. The Balaban J connectivity index is 1.30. The molecule has 0 saturated carbocycles. The Morgan fingerprint density at radius 2 is 0.957 bits per heavy atom. The summed E-state index contributed by atoms with van der Waals surface area (Å²) in [6.07, 6.45) is 0. The zero-order chi connectivity index (χ0) is 31.7. The van der Waals surface area contributed by atoms with Gasteiger partial charge in [0.25, 0.3) is 0 Å². The number of thiazole rings is 1. The van der Waals surface area contributed by atoms with E-state index in [2.05, 4.69) is 79.7 Å². The maximum Gasteiger partial charge on any atom is 0.164 e. The van der Waals surface area contributed by atoms with E-state index in [0.29, 0.717) is 17.5 Å². The standard InChI is InChI=1S/C41H29N5S/c1-26-18-21-33(27(2)42-26)35-24-32(40-45-38(28-12-6-3-7-13-28)44-39(46-40)29-14-8-4-9-15-29)19-22-34(35)31-20-23-37-36(25-31)43-41(47-37)30-16-10-5-11-17-30/h3-25H,1-2H3. The van der Waals surface area contributed by atoms with Gasteiger partial charge in [-0.15, -0.1) is 11.3 Å². The van der Waals surface area contributed by atoms with Gasteiger partial charge in [-0.25, -0.2) is 19.9 Å². The number of rotatable bonds is 6. The molecule has 0 aliphatic carbocycles. The molecular weight excluding hydrogens is 595 g/mol. The molecule has 5 aromatic carbocycles. The second kappa shape index (κ2) is 12.2. The Bertz CT molecular complexity index is 2310. The van der Waals surface area contributed by atoms with E-state index in [1.165, 1.54) is 0 Å². The minimum atomic E-state index is 0.616. The topological polar surface area (TPSA) is 64.5 Å². The van der Waals surface area contributed by atoms with Crippen molar-refractivity contribution < 1.29 is 0 Å². The molecule has 0 atom stereocenters. The van der Waals surface area contributed by atoms with Crippen molar-refractivity contribution in [1.82, 2.24) is 24.9 Å². The van der Waals surface area contributed by atoms with E-state index >= 15 is 0 Å². The van der Waals surface area contributed by atoms with Gasteiger partial charge in [0.2, 0.25) is 0 Å². The predicted octanol–water partition coefficient (Wildman–Crippen LogP) is 10.5. The van der Waals surface area contributed by atoms with E-state index in [1.807, 2.05) is 73.7 Å². The first-order valence-electron chi connectivity index (χ1n) is 15.5. The van der Waals surface area contributed by atoms with E-state index in [4.69, 9.17) is 24.9 Å². The third-order valence-electron chi connectivity index (χ3n) is 8.21. The summed E-state index contributed by atoms with van der Waals surface area (Å²) in [5, 5.41) is 1.02. The number of hydrogen-bond acceptors (Lipinski definition) is 6. The maximum atomic E-state index is 5.02. The second-order valence-corrected chi connectivity index (χ2v) is 12.5. The molecule has 3 aromatic heterocycles. The number of aromatic nitrogens is 5. The quantitative estimate of drug-likeness (QED) is 0.184. The first-order valence-corrected chi connectivity index (χ1v) is 16.3. The molecule has 0 bridgehead atoms. The molecule has 0 aliphatic rings. The van der Waals surface area contributed by atoms with E-state index in [1.54, 1.807) is 11.3 Å². The molecule has 3 heterocycles. The van der Waals surface area contributed by atoms with Crippen molar-refractivity contribution in [2.75, 3.05) is 0 Å². The number of pyridine rings is 1. The molecule has 8 aromatic rings. The van der Waals surface area contributed by atoms with Gasteiger partial charge in [-0.2, -0.15) is 0 Å². The molecule has 5 nitrogen and oxygen atoms in total. The molecule has 0 unspecified atom stereocenters. The number of hydrogen-bond donors (Lipinski definition) is 0. The molecule has 0 saturated heterocycles. The third kappa shape index (κ3) is 5.71. The summed E-state index contributed by atoms with van der Waals surface area (Å²) in [7, 11) is 0. The number of aryl methyl sites for hydroxylation is 2. The average Bonchev–Trinajstić information content (AvgIpc) is 3.56. The summed E-state index contributed by atoms with van der Waals surface area (Å²) in [5.74, 6) is 1.89. The molecule has 8 rings (SSSR count). The lowest BCUT2D eigenvalue weighted by Crippen LogP contribution is -2.01. The molecule has 0 N–H and O–H groups in total. The van der Waals surface area contributed by atoms with Crippen molar-refractivity contribution in [1.29, 1.82) is 0 Å². The van der Waals surface area contributed by atoms with Crippen LogP contribution in [0.5, 0.6) is 0 Å². The Morgan fingerprint density at radius 3 is 1.57 bits per heavy atom. The molecular formula is C41H29N5S. The van der Waals surface area contributed by atoms with Crippen LogP contribution in [0, 0.1) is 13.8 Å². The van der Waals surface area contributed by atoms with Crippen LogP contribution in [0.2, 0.25) is 0 Å². The monoisotopic (exact) mass is 623 g/mol. The van der Waals surface area contributed by atoms with Gasteiger partial charge in [0, 0.05) is 39.2 Å². The fourth-order valence-electron chi connectivity index (χ4n) is 5.87. The van der Waals surface area contributed by atoms with E-state index in [9.17, 15) is 0 Å². The van der Waals surface area contributed by atoms with Gasteiger partial charge in [0.15, 0.2) is 17.5 Å². The molecule has 0 radical (unpaired) electrons. The zero-order valence-electron chi connectivity index (χ0n) is 25.9. The molecule has 0 amide bonds. The van der Waals surface area contributed by atoms with Crippen LogP contribution in [-0.4, -0.2) is 24.9 Å². The highest BCUT2D eigenvalue weighted by molar-refractivity contribution is 7.21. The van der Waals surface area contributed by atoms with Crippen molar-refractivity contribution in [2.45, 2.75) is 13.8 Å². The Hall–Kier alpha value is -5.85. The minimum Gasteiger partial charge on any atom is -0.258 e. The summed E-state index contributed by atoms with van der Waals surface area (Å²) >= 11 is 1.71. The van der Waals surface area contributed by atoms with E-state index < -0.39 is 0 Å². The van der Waals surface area contributed by atoms with Gasteiger partial charge in [-0.05, 0) is 54.8 Å². The number of nitrogens with zero attached hydrogens (tertiary/aromatic N) is 5. The number of benzene rings is 5. The normalized spacial score (nSPS) is 11.2. The SMILES string of the molecule is Cc1ccc(-c2cc(-c3nc(-c4ccccc4)nc(-c4ccccc4)n3)ccc2-c2ccc3sc(-c4ccccc4)nc3c2)c(C)n1. The van der Waals surface area contributed by atoms with Crippen LogP contribution in [0.4, 0.5) is 0 Å². The van der Waals surface area contributed by atoms with Crippen molar-refractivity contribution >= 4 is 21.6 Å². The molecule has 6 heteroatoms. The Kier molecular flexibility index (Phi) is 7.40. The van der Waals surface area contributed by atoms with Gasteiger partial charge >= 0.3 is 0 Å². The van der Waals surface area contributed by atoms with Crippen LogP contribution >= 0.6 is 11.3 Å². The van der Waals surface area contributed by atoms with E-state index in [-0.39, 0.29) is 0 Å². The molecule has 224 valence electrons. The Morgan fingerprint density at radius 1 is 0.404 bits per heavy atom. The van der Waals surface area contributed by atoms with Crippen molar-refractivity contribution in [3.05, 3.63) is 151 Å². The van der Waals surface area contributed by atoms with Gasteiger partial charge in [-0.3, -0.25) is 4.98 Å². The highest BCUT2D eigenvalue weighted by Gasteiger charge is 2.17. The van der Waals surface area contributed by atoms with Crippen LogP contribution in [0.25, 0.3) is 77.2 Å². The van der Waals surface area contributed by atoms with Gasteiger partial charge in [0.05, 0.1) is 10.2 Å². The first-order chi connectivity index (χ1) is 23.1. The van der Waals surface area contributed by atoms with Crippen LogP contribution < -0.4 is 0 Å². The van der Waals surface area contributed by atoms with E-state index in [0.717, 1.165) is 71.1 Å². The largest absolute Gasteiger partial charge is 0.258 e. The minimum absolute atomic E-state index is 0.616. The lowest BCUT2D eigenvalue weighted by molar-refractivity contribution is 1.07. The van der Waals surface area contributed by atoms with Gasteiger partial charge in [-0.1, -0.05) is 115 Å². The fraction of sp³-hybridized carbons (Fsp3) is 0.0488. The first kappa shape index (κ1) is 28.6. The van der Waals surface area contributed by atoms with Crippen molar-refractivity contribution in [3.63, 3.8) is 0 Å². The van der Waals surface area contributed by atoms with Crippen LogP contribution in [-0.2, 0) is 0 Å². The van der Waals surface area contributed by atoms with Gasteiger partial charge < -0.3 is 0 Å². The molecule has 0 spiro atoms. The lowest BCUT2D eigenvalue weighted by atomic mass is 9.91. The lowest BCUT2D eigenvalue weighted by Gasteiger charge is -2.15. The van der Waals surface area contributed by atoms with Crippen LogP contribution in [0.3, 0.4) is 0 Å². The van der Waals surface area contributed by atoms with Crippen LogP contribution in [0.1, 0.15) is 11.4 Å². The summed E-state index contributed by atoms with van der Waals surface area (Å²) in [5.41, 5.74) is 11.2. The molecule has 0 fully saturated rings. The van der Waals surface area contributed by atoms with Gasteiger partial charge in [0.1, 0.15) is 5.01 Å². The summed E-state index contributed by atoms with van der Waals surface area (Å²) in [6.45, 7) is 4.09. The van der Waals surface area contributed by atoms with Crippen molar-refractivity contribution in [2.24, 2.45) is 0 Å². The molecule has 0 aliphatic heterocycles. The smallest absolute Gasteiger partial charge is 0.164 e. The second-order valence-electron chi connectivity index (χ2n) is 11.5. The fourth-order valence-corrected chi connectivity index (χ4v) is 6.82. The molecule has 47 heavy (non-hydrogen) atoms. The highest BCUT2D eigenvalue weighted by atomic mass is 32.1. The third-order valence-corrected chi connectivity index (χ3v) is 9.30. The summed E-state index contributed by atoms with van der Waals surface area (Å²) in [4.78, 5) is 24.7. The summed E-state index contributed by atoms with van der Waals surface area (Å²) in [6, 6.07) is 47.7.